The highest BCUT2D eigenvalue weighted by atomic mass is 19.4. The van der Waals surface area contributed by atoms with Crippen LogP contribution in [0.3, 0.4) is 0 Å². The van der Waals surface area contributed by atoms with E-state index in [2.05, 4.69) is 43.6 Å². The SMILES string of the molecule is O=C(O)C(F)(F)F.O=C1Nc2ccc(F)cc2[C@]12C[C@H]2c1ccc2c(C=Cc3ccc(N4CCOCC4)nc3)n[nH]c2c1. The Balaban J connectivity index is 0.000000423. The molecule has 7 rings (SSSR count). The molecule has 1 saturated heterocycles. The molecular weight excluding hydrogens is 570 g/mol. The third-order valence-corrected chi connectivity index (χ3v) is 7.88. The van der Waals surface area contributed by atoms with Crippen molar-refractivity contribution in [3.63, 3.8) is 0 Å². The second-order valence-corrected chi connectivity index (χ2v) is 10.5. The van der Waals surface area contributed by atoms with E-state index < -0.39 is 17.6 Å². The number of aromatic amines is 1. The first-order valence-corrected chi connectivity index (χ1v) is 13.4. The van der Waals surface area contributed by atoms with E-state index in [9.17, 15) is 22.4 Å². The van der Waals surface area contributed by atoms with Gasteiger partial charge in [0.15, 0.2) is 0 Å². The maximum absolute atomic E-state index is 13.9. The minimum absolute atomic E-state index is 0.0169. The third kappa shape index (κ3) is 5.43. The summed E-state index contributed by atoms with van der Waals surface area (Å²) in [7, 11) is 0. The van der Waals surface area contributed by atoms with Crippen molar-refractivity contribution in [2.45, 2.75) is 23.9 Å². The number of carboxylic acid groups (broad SMARTS) is 1. The van der Waals surface area contributed by atoms with Crippen LogP contribution in [-0.4, -0.2) is 64.6 Å². The summed E-state index contributed by atoms with van der Waals surface area (Å²) in [5.41, 5.74) is 4.60. The number of H-pyrrole nitrogens is 1. The van der Waals surface area contributed by atoms with Gasteiger partial charge in [-0.15, -0.1) is 0 Å². The normalized spacial score (nSPS) is 21.1. The fourth-order valence-electron chi connectivity index (χ4n) is 5.62. The average molecular weight is 596 g/mol. The number of carboxylic acids is 1. The number of hydrogen-bond donors (Lipinski definition) is 3. The second kappa shape index (κ2) is 10.8. The number of amides is 1. The first-order chi connectivity index (χ1) is 20.6. The van der Waals surface area contributed by atoms with Crippen molar-refractivity contribution in [3.8, 4) is 0 Å². The van der Waals surface area contributed by atoms with E-state index in [0.29, 0.717) is 12.1 Å². The van der Waals surface area contributed by atoms with E-state index in [1.807, 2.05) is 30.5 Å². The zero-order chi connectivity index (χ0) is 30.4. The molecule has 0 radical (unpaired) electrons. The van der Waals surface area contributed by atoms with Crippen LogP contribution in [-0.2, 0) is 19.7 Å². The lowest BCUT2D eigenvalue weighted by atomic mass is 9.91. The Morgan fingerprint density at radius 3 is 2.56 bits per heavy atom. The smallest absolute Gasteiger partial charge is 0.475 e. The number of benzene rings is 2. The number of nitrogens with zero attached hydrogens (tertiary/aromatic N) is 3. The van der Waals surface area contributed by atoms with Gasteiger partial charge in [-0.3, -0.25) is 9.89 Å². The Bertz CT molecular complexity index is 1730. The van der Waals surface area contributed by atoms with Crippen LogP contribution in [0.15, 0.2) is 54.7 Å². The first-order valence-electron chi connectivity index (χ1n) is 13.4. The van der Waals surface area contributed by atoms with Crippen LogP contribution in [0, 0.1) is 5.82 Å². The van der Waals surface area contributed by atoms with E-state index in [0.717, 1.165) is 65.4 Å². The number of halogens is 4. The van der Waals surface area contributed by atoms with Gasteiger partial charge in [0, 0.05) is 36.3 Å². The molecule has 43 heavy (non-hydrogen) atoms. The van der Waals surface area contributed by atoms with Crippen molar-refractivity contribution in [2.24, 2.45) is 0 Å². The molecule has 1 amide bonds. The molecule has 4 aromatic rings. The highest BCUT2D eigenvalue weighted by Crippen LogP contribution is 2.65. The largest absolute Gasteiger partial charge is 0.490 e. The molecule has 9 nitrogen and oxygen atoms in total. The lowest BCUT2D eigenvalue weighted by Gasteiger charge is -2.27. The van der Waals surface area contributed by atoms with Crippen LogP contribution in [0.1, 0.15) is 34.7 Å². The Labute approximate surface area is 242 Å². The van der Waals surface area contributed by atoms with Crippen LogP contribution in [0.2, 0.25) is 0 Å². The summed E-state index contributed by atoms with van der Waals surface area (Å²) in [4.78, 5) is 28.6. The van der Waals surface area contributed by atoms with Gasteiger partial charge < -0.3 is 20.1 Å². The van der Waals surface area contributed by atoms with Crippen molar-refractivity contribution in [1.29, 1.82) is 0 Å². The van der Waals surface area contributed by atoms with Crippen molar-refractivity contribution in [2.75, 3.05) is 36.5 Å². The van der Waals surface area contributed by atoms with Gasteiger partial charge in [0.2, 0.25) is 5.91 Å². The Hall–Kier alpha value is -4.78. The molecule has 2 fully saturated rings. The Morgan fingerprint density at radius 1 is 1.09 bits per heavy atom. The van der Waals surface area contributed by atoms with Gasteiger partial charge in [-0.2, -0.15) is 18.3 Å². The van der Waals surface area contributed by atoms with Gasteiger partial charge in [0.25, 0.3) is 0 Å². The highest BCUT2D eigenvalue weighted by molar-refractivity contribution is 6.10. The minimum atomic E-state index is -5.08. The lowest BCUT2D eigenvalue weighted by Crippen LogP contribution is -2.36. The summed E-state index contributed by atoms with van der Waals surface area (Å²) in [6, 6.07) is 14.8. The van der Waals surface area contributed by atoms with Crippen molar-refractivity contribution in [3.05, 3.63) is 82.9 Å². The average Bonchev–Trinajstić information content (AvgIpc) is 3.54. The molecule has 2 aliphatic heterocycles. The molecule has 3 aliphatic rings. The summed E-state index contributed by atoms with van der Waals surface area (Å²) in [5.74, 6) is -2.14. The molecule has 3 N–H and O–H groups in total. The molecule has 1 aliphatic carbocycles. The van der Waals surface area contributed by atoms with E-state index in [1.165, 1.54) is 12.1 Å². The molecule has 2 atom stereocenters. The highest BCUT2D eigenvalue weighted by Gasteiger charge is 2.65. The molecule has 1 spiro atoms. The predicted octanol–water partition coefficient (Wildman–Crippen LogP) is 5.11. The number of nitrogens with one attached hydrogen (secondary N) is 2. The number of pyridine rings is 1. The number of morpholine rings is 1. The zero-order valence-electron chi connectivity index (χ0n) is 22.5. The van der Waals surface area contributed by atoms with E-state index in [1.54, 1.807) is 6.07 Å². The molecule has 2 aromatic carbocycles. The number of fused-ring (bicyclic) bond motifs is 3. The fraction of sp³-hybridized carbons (Fsp3) is 0.267. The summed E-state index contributed by atoms with van der Waals surface area (Å²) in [5, 5.41) is 18.7. The monoisotopic (exact) mass is 595 g/mol. The summed E-state index contributed by atoms with van der Waals surface area (Å²) < 4.78 is 51.1. The molecule has 4 heterocycles. The molecular formula is C30H25F4N5O4. The van der Waals surface area contributed by atoms with Gasteiger partial charge in [-0.1, -0.05) is 18.2 Å². The zero-order valence-corrected chi connectivity index (χ0v) is 22.5. The van der Waals surface area contributed by atoms with Gasteiger partial charge in [-0.05, 0) is 65.6 Å². The van der Waals surface area contributed by atoms with Crippen LogP contribution >= 0.6 is 0 Å². The molecule has 222 valence electrons. The van der Waals surface area contributed by atoms with E-state index in [4.69, 9.17) is 14.6 Å². The minimum Gasteiger partial charge on any atom is -0.475 e. The summed E-state index contributed by atoms with van der Waals surface area (Å²) in [6.45, 7) is 3.19. The molecule has 0 bridgehead atoms. The predicted molar refractivity (Wildman–Crippen MR) is 150 cm³/mol. The van der Waals surface area contributed by atoms with Gasteiger partial charge in [-0.25, -0.2) is 14.2 Å². The number of ether oxygens (including phenoxy) is 1. The van der Waals surface area contributed by atoms with Gasteiger partial charge in [0.05, 0.1) is 29.8 Å². The van der Waals surface area contributed by atoms with Crippen molar-refractivity contribution < 1.29 is 37.0 Å². The summed E-state index contributed by atoms with van der Waals surface area (Å²) >= 11 is 0. The lowest BCUT2D eigenvalue weighted by molar-refractivity contribution is -0.192. The number of carbonyl (C=O) groups is 2. The van der Waals surface area contributed by atoms with Crippen LogP contribution in [0.5, 0.6) is 0 Å². The van der Waals surface area contributed by atoms with Gasteiger partial charge >= 0.3 is 12.1 Å². The number of aliphatic carboxylic acids is 1. The molecule has 2 aromatic heterocycles. The topological polar surface area (TPSA) is 120 Å². The van der Waals surface area contributed by atoms with E-state index in [-0.39, 0.29) is 17.6 Å². The van der Waals surface area contributed by atoms with Crippen LogP contribution < -0.4 is 10.2 Å². The van der Waals surface area contributed by atoms with Crippen molar-refractivity contribution in [1.82, 2.24) is 15.2 Å². The molecule has 0 unspecified atom stereocenters. The number of aromatic nitrogens is 3. The standard InChI is InChI=1S/C28H24FN5O2.C2HF3O2/c29-19-4-7-24-21(14-19)28(27(35)31-24)15-22(28)18-3-5-20-23(32-33-25(20)13-18)6-1-17-2-8-26(30-16-17)34-9-11-36-12-10-34;3-2(4,5)1(6)7/h1-8,13-14,16,22H,9-12,15H2,(H,31,35)(H,32,33);(H,6,7)/t22-,28-;/m0./s1. The maximum atomic E-state index is 13.9. The van der Waals surface area contributed by atoms with E-state index >= 15 is 0 Å². The number of alkyl halides is 3. The number of carbonyl (C=O) groups excluding carboxylic acids is 1. The maximum Gasteiger partial charge on any atom is 0.490 e. The quantitative estimate of drug-likeness (QED) is 0.280. The summed E-state index contributed by atoms with van der Waals surface area (Å²) in [6.07, 6.45) is 1.44. The number of rotatable bonds is 4. The Kier molecular flexibility index (Phi) is 7.12. The third-order valence-electron chi connectivity index (χ3n) is 7.88. The van der Waals surface area contributed by atoms with Crippen LogP contribution in [0.25, 0.3) is 23.1 Å². The second-order valence-electron chi connectivity index (χ2n) is 10.5. The molecule has 13 heteroatoms. The molecule has 1 saturated carbocycles. The number of anilines is 2. The fourth-order valence-corrected chi connectivity index (χ4v) is 5.62. The van der Waals surface area contributed by atoms with Crippen LogP contribution in [0.4, 0.5) is 29.1 Å². The van der Waals surface area contributed by atoms with Crippen molar-refractivity contribution >= 4 is 46.4 Å². The number of hydrogen-bond acceptors (Lipinski definition) is 6. The van der Waals surface area contributed by atoms with Gasteiger partial charge in [0.1, 0.15) is 11.6 Å². The first kappa shape index (κ1) is 28.3. The Morgan fingerprint density at radius 2 is 1.86 bits per heavy atom.